The molecule has 5 nitrogen and oxygen atoms in total. The van der Waals surface area contributed by atoms with Gasteiger partial charge in [-0.25, -0.2) is 0 Å². The predicted octanol–water partition coefficient (Wildman–Crippen LogP) is 2.99. The summed E-state index contributed by atoms with van der Waals surface area (Å²) in [6, 6.07) is 14.2. The quantitative estimate of drug-likeness (QED) is 0.875. The first-order valence-corrected chi connectivity index (χ1v) is 8.37. The molecular formula is C18H17BrN2O3. The number of methoxy groups -OCH3 is 1. The van der Waals surface area contributed by atoms with Gasteiger partial charge < -0.3 is 15.0 Å². The molecule has 3 rings (SSSR count). The highest BCUT2D eigenvalue weighted by Crippen LogP contribution is 2.24. The molecule has 0 bridgehead atoms. The van der Waals surface area contributed by atoms with Gasteiger partial charge in [0, 0.05) is 28.7 Å². The second-order valence-corrected chi connectivity index (χ2v) is 6.50. The normalized spacial score (nSPS) is 17.0. The van der Waals surface area contributed by atoms with Crippen LogP contribution in [-0.2, 0) is 4.79 Å². The third kappa shape index (κ3) is 3.59. The molecule has 1 fully saturated rings. The first-order chi connectivity index (χ1) is 11.6. The van der Waals surface area contributed by atoms with E-state index in [2.05, 4.69) is 21.2 Å². The van der Waals surface area contributed by atoms with Crippen LogP contribution >= 0.6 is 15.9 Å². The van der Waals surface area contributed by atoms with E-state index in [4.69, 9.17) is 4.74 Å². The van der Waals surface area contributed by atoms with Crippen molar-refractivity contribution in [2.75, 3.05) is 18.6 Å². The van der Waals surface area contributed by atoms with Crippen molar-refractivity contribution in [1.82, 2.24) is 5.32 Å². The lowest BCUT2D eigenvalue weighted by atomic mass is 10.2. The van der Waals surface area contributed by atoms with Crippen molar-refractivity contribution < 1.29 is 14.3 Å². The van der Waals surface area contributed by atoms with Crippen molar-refractivity contribution in [3.8, 4) is 5.75 Å². The zero-order valence-corrected chi connectivity index (χ0v) is 14.7. The van der Waals surface area contributed by atoms with Crippen LogP contribution in [0.1, 0.15) is 16.8 Å². The molecular weight excluding hydrogens is 372 g/mol. The summed E-state index contributed by atoms with van der Waals surface area (Å²) >= 11 is 3.34. The molecule has 2 aromatic carbocycles. The molecule has 1 heterocycles. The Morgan fingerprint density at radius 2 is 1.83 bits per heavy atom. The minimum Gasteiger partial charge on any atom is -0.497 e. The molecule has 0 spiro atoms. The molecule has 1 aliphatic heterocycles. The van der Waals surface area contributed by atoms with Crippen LogP contribution in [0.3, 0.4) is 0 Å². The number of hydrogen-bond acceptors (Lipinski definition) is 3. The first-order valence-electron chi connectivity index (χ1n) is 7.57. The van der Waals surface area contributed by atoms with Crippen molar-refractivity contribution >= 4 is 33.4 Å². The molecule has 1 aliphatic rings. The van der Waals surface area contributed by atoms with Crippen LogP contribution in [0.25, 0.3) is 0 Å². The molecule has 1 saturated heterocycles. The van der Waals surface area contributed by atoms with Crippen LogP contribution in [-0.4, -0.2) is 31.5 Å². The van der Waals surface area contributed by atoms with Gasteiger partial charge in [-0.2, -0.15) is 0 Å². The Morgan fingerprint density at radius 1 is 1.17 bits per heavy atom. The highest BCUT2D eigenvalue weighted by atomic mass is 79.9. The van der Waals surface area contributed by atoms with Crippen molar-refractivity contribution in [1.29, 1.82) is 0 Å². The number of anilines is 1. The maximum Gasteiger partial charge on any atom is 0.251 e. The van der Waals surface area contributed by atoms with Crippen LogP contribution in [0.4, 0.5) is 5.69 Å². The molecule has 2 amide bonds. The lowest BCUT2D eigenvalue weighted by Gasteiger charge is -2.17. The first kappa shape index (κ1) is 16.5. The zero-order valence-electron chi connectivity index (χ0n) is 13.2. The van der Waals surface area contributed by atoms with Crippen molar-refractivity contribution in [3.63, 3.8) is 0 Å². The average molecular weight is 389 g/mol. The minimum absolute atomic E-state index is 0.00118. The maximum atomic E-state index is 12.3. The summed E-state index contributed by atoms with van der Waals surface area (Å²) in [5.74, 6) is 0.573. The lowest BCUT2D eigenvalue weighted by molar-refractivity contribution is -0.117. The Kier molecular flexibility index (Phi) is 4.85. The van der Waals surface area contributed by atoms with Gasteiger partial charge in [-0.15, -0.1) is 0 Å². The van der Waals surface area contributed by atoms with Crippen molar-refractivity contribution in [2.24, 2.45) is 0 Å². The predicted molar refractivity (Wildman–Crippen MR) is 95.4 cm³/mol. The molecule has 124 valence electrons. The summed E-state index contributed by atoms with van der Waals surface area (Å²) < 4.78 is 6.04. The van der Waals surface area contributed by atoms with Crippen molar-refractivity contribution in [3.05, 3.63) is 58.6 Å². The number of ether oxygens (including phenoxy) is 1. The van der Waals surface area contributed by atoms with E-state index < -0.39 is 0 Å². The fourth-order valence-electron chi connectivity index (χ4n) is 2.69. The summed E-state index contributed by atoms with van der Waals surface area (Å²) in [5, 5.41) is 2.93. The third-order valence-electron chi connectivity index (χ3n) is 3.95. The van der Waals surface area contributed by atoms with Gasteiger partial charge in [0.15, 0.2) is 0 Å². The summed E-state index contributed by atoms with van der Waals surface area (Å²) in [5.41, 5.74) is 1.38. The number of hydrogen-bond donors (Lipinski definition) is 1. The topological polar surface area (TPSA) is 58.6 Å². The number of nitrogens with zero attached hydrogens (tertiary/aromatic N) is 1. The van der Waals surface area contributed by atoms with E-state index >= 15 is 0 Å². The summed E-state index contributed by atoms with van der Waals surface area (Å²) in [7, 11) is 1.60. The van der Waals surface area contributed by atoms with Gasteiger partial charge in [0.25, 0.3) is 5.91 Å². The number of nitrogens with one attached hydrogen (secondary N) is 1. The molecule has 0 radical (unpaired) electrons. The second kappa shape index (κ2) is 7.05. The fourth-order valence-corrected chi connectivity index (χ4v) is 2.95. The van der Waals surface area contributed by atoms with Gasteiger partial charge in [0.2, 0.25) is 5.91 Å². The molecule has 0 aromatic heterocycles. The molecule has 0 unspecified atom stereocenters. The smallest absolute Gasteiger partial charge is 0.251 e. The SMILES string of the molecule is COc1ccc(N2C[C@H](NC(=O)c3ccc(Br)cc3)CC2=O)cc1. The lowest BCUT2D eigenvalue weighted by Crippen LogP contribution is -2.37. The zero-order chi connectivity index (χ0) is 17.1. The third-order valence-corrected chi connectivity index (χ3v) is 4.48. The van der Waals surface area contributed by atoms with E-state index in [1.165, 1.54) is 0 Å². The van der Waals surface area contributed by atoms with E-state index in [1.807, 2.05) is 36.4 Å². The van der Waals surface area contributed by atoms with Crippen LogP contribution < -0.4 is 15.0 Å². The van der Waals surface area contributed by atoms with Crippen LogP contribution in [0, 0.1) is 0 Å². The van der Waals surface area contributed by atoms with Gasteiger partial charge >= 0.3 is 0 Å². The van der Waals surface area contributed by atoms with Gasteiger partial charge in [-0.3, -0.25) is 9.59 Å². The van der Waals surface area contributed by atoms with Gasteiger partial charge in [0.1, 0.15) is 5.75 Å². The Hall–Kier alpha value is -2.34. The molecule has 0 saturated carbocycles. The Morgan fingerprint density at radius 3 is 2.46 bits per heavy atom. The molecule has 0 aliphatic carbocycles. The highest BCUT2D eigenvalue weighted by Gasteiger charge is 2.31. The number of carbonyl (C=O) groups is 2. The van der Waals surface area contributed by atoms with Gasteiger partial charge in [-0.05, 0) is 48.5 Å². The maximum absolute atomic E-state index is 12.3. The van der Waals surface area contributed by atoms with E-state index in [9.17, 15) is 9.59 Å². The minimum atomic E-state index is -0.198. The van der Waals surface area contributed by atoms with E-state index in [0.717, 1.165) is 15.9 Å². The molecule has 1 atom stereocenters. The fraction of sp³-hybridized carbons (Fsp3) is 0.222. The van der Waals surface area contributed by atoms with E-state index in [-0.39, 0.29) is 17.9 Å². The highest BCUT2D eigenvalue weighted by molar-refractivity contribution is 9.10. The van der Waals surface area contributed by atoms with Crippen LogP contribution in [0.2, 0.25) is 0 Å². The number of halogens is 1. The standard InChI is InChI=1S/C18H17BrN2O3/c1-24-16-8-6-15(7-9-16)21-11-14(10-17(21)22)20-18(23)12-2-4-13(19)5-3-12/h2-9,14H,10-11H2,1H3,(H,20,23)/t14-/m1/s1. The summed E-state index contributed by atoms with van der Waals surface area (Å²) in [4.78, 5) is 26.2. The number of benzene rings is 2. The molecule has 24 heavy (non-hydrogen) atoms. The summed E-state index contributed by atoms with van der Waals surface area (Å²) in [6.45, 7) is 0.466. The van der Waals surface area contributed by atoms with Gasteiger partial charge in [-0.1, -0.05) is 15.9 Å². The number of rotatable bonds is 4. The number of amides is 2. The molecule has 1 N–H and O–H groups in total. The van der Waals surface area contributed by atoms with E-state index in [0.29, 0.717) is 18.5 Å². The molecule has 6 heteroatoms. The van der Waals surface area contributed by atoms with Crippen molar-refractivity contribution in [2.45, 2.75) is 12.5 Å². The Labute approximate surface area is 148 Å². The average Bonchev–Trinajstić information content (AvgIpc) is 2.95. The largest absolute Gasteiger partial charge is 0.497 e. The second-order valence-electron chi connectivity index (χ2n) is 5.58. The Balaban J connectivity index is 1.65. The Bertz CT molecular complexity index is 744. The monoisotopic (exact) mass is 388 g/mol. The van der Waals surface area contributed by atoms with Crippen LogP contribution in [0.5, 0.6) is 5.75 Å². The molecule has 2 aromatic rings. The van der Waals surface area contributed by atoms with Gasteiger partial charge in [0.05, 0.1) is 13.2 Å². The summed E-state index contributed by atoms with van der Waals surface area (Å²) in [6.07, 6.45) is 0.300. The van der Waals surface area contributed by atoms with Crippen LogP contribution in [0.15, 0.2) is 53.0 Å². The number of carbonyl (C=O) groups excluding carboxylic acids is 2. The van der Waals surface area contributed by atoms with E-state index in [1.54, 1.807) is 24.1 Å².